The number of hydrogen-bond acceptors (Lipinski definition) is 3. The Balaban J connectivity index is 1.79. The minimum Gasteiger partial charge on any atom is -0.330 e. The average Bonchev–Trinajstić information content (AvgIpc) is 2.93. The molecule has 2 nitrogen and oxygen atoms in total. The van der Waals surface area contributed by atoms with Crippen LogP contribution in [0.15, 0.2) is 35.7 Å². The fraction of sp³-hybridized carbons (Fsp3) is 0.412. The van der Waals surface area contributed by atoms with Crippen molar-refractivity contribution in [2.45, 2.75) is 32.4 Å². The molecule has 0 amide bonds. The molecule has 0 saturated carbocycles. The topological polar surface area (TPSA) is 29.3 Å². The maximum absolute atomic E-state index is 5.73. The molecule has 2 heterocycles. The number of benzene rings is 1. The molecular formula is C17H22N2S. The molecule has 0 aliphatic carbocycles. The summed E-state index contributed by atoms with van der Waals surface area (Å²) in [5.41, 5.74) is 10.1. The molecule has 1 unspecified atom stereocenters. The van der Waals surface area contributed by atoms with Crippen molar-refractivity contribution in [1.82, 2.24) is 4.90 Å². The minimum atomic E-state index is 0.524. The Morgan fingerprint density at radius 2 is 2.05 bits per heavy atom. The molecule has 1 aliphatic heterocycles. The van der Waals surface area contributed by atoms with Crippen molar-refractivity contribution >= 4 is 11.3 Å². The van der Waals surface area contributed by atoms with Gasteiger partial charge in [-0.25, -0.2) is 0 Å². The molecule has 0 spiro atoms. The first-order chi connectivity index (χ1) is 9.79. The molecule has 0 radical (unpaired) electrons. The van der Waals surface area contributed by atoms with Gasteiger partial charge in [-0.2, -0.15) is 0 Å². The highest BCUT2D eigenvalue weighted by molar-refractivity contribution is 7.10. The van der Waals surface area contributed by atoms with Gasteiger partial charge in [-0.05, 0) is 54.4 Å². The van der Waals surface area contributed by atoms with E-state index in [9.17, 15) is 0 Å². The largest absolute Gasteiger partial charge is 0.330 e. The van der Waals surface area contributed by atoms with E-state index in [1.54, 1.807) is 4.88 Å². The Kier molecular flexibility index (Phi) is 4.20. The predicted octanol–water partition coefficient (Wildman–Crippen LogP) is 3.37. The van der Waals surface area contributed by atoms with Gasteiger partial charge in [0.05, 0.1) is 0 Å². The van der Waals surface area contributed by atoms with Crippen LogP contribution in [0.3, 0.4) is 0 Å². The van der Waals surface area contributed by atoms with Gasteiger partial charge >= 0.3 is 0 Å². The van der Waals surface area contributed by atoms with Crippen molar-refractivity contribution in [2.75, 3.05) is 13.1 Å². The lowest BCUT2D eigenvalue weighted by Gasteiger charge is -2.34. The van der Waals surface area contributed by atoms with E-state index in [4.69, 9.17) is 5.73 Å². The van der Waals surface area contributed by atoms with E-state index < -0.39 is 0 Å². The lowest BCUT2D eigenvalue weighted by Crippen LogP contribution is -2.33. The molecular weight excluding hydrogens is 264 g/mol. The van der Waals surface area contributed by atoms with E-state index in [2.05, 4.69) is 47.5 Å². The molecule has 1 aromatic heterocycles. The highest BCUT2D eigenvalue weighted by atomic mass is 32.1. The maximum atomic E-state index is 5.73. The Morgan fingerprint density at radius 1 is 1.25 bits per heavy atom. The number of fused-ring (bicyclic) bond motifs is 1. The minimum absolute atomic E-state index is 0.524. The third kappa shape index (κ3) is 2.66. The van der Waals surface area contributed by atoms with Crippen LogP contribution in [-0.2, 0) is 19.4 Å². The van der Waals surface area contributed by atoms with Gasteiger partial charge in [0.2, 0.25) is 0 Å². The van der Waals surface area contributed by atoms with Crippen LogP contribution in [0.2, 0.25) is 0 Å². The van der Waals surface area contributed by atoms with E-state index in [1.165, 1.54) is 23.1 Å². The summed E-state index contributed by atoms with van der Waals surface area (Å²) in [5.74, 6) is 0. The standard InChI is InChI=1S/C17H22N2S/c1-13-16-8-11-20-17(16)7-10-19(13)12-15-5-3-2-4-14(15)6-9-18/h2-5,8,11,13H,6-7,9-10,12,18H2,1H3. The molecule has 1 atom stereocenters. The first-order valence-corrected chi connectivity index (χ1v) is 8.24. The molecule has 0 fully saturated rings. The quantitative estimate of drug-likeness (QED) is 0.933. The number of nitrogens with two attached hydrogens (primary N) is 1. The summed E-state index contributed by atoms with van der Waals surface area (Å²) in [6, 6.07) is 11.5. The third-order valence-corrected chi connectivity index (χ3v) is 5.31. The van der Waals surface area contributed by atoms with E-state index in [-0.39, 0.29) is 0 Å². The zero-order valence-corrected chi connectivity index (χ0v) is 12.8. The van der Waals surface area contributed by atoms with Gasteiger partial charge in [-0.3, -0.25) is 4.90 Å². The predicted molar refractivity (Wildman–Crippen MR) is 86.0 cm³/mol. The van der Waals surface area contributed by atoms with Crippen LogP contribution >= 0.6 is 11.3 Å². The second kappa shape index (κ2) is 6.08. The van der Waals surface area contributed by atoms with Crippen molar-refractivity contribution in [3.05, 3.63) is 57.3 Å². The molecule has 1 aromatic carbocycles. The SMILES string of the molecule is CC1c2ccsc2CCN1Cc1ccccc1CCN. The zero-order chi connectivity index (χ0) is 13.9. The molecule has 2 aromatic rings. The monoisotopic (exact) mass is 286 g/mol. The van der Waals surface area contributed by atoms with Crippen LogP contribution < -0.4 is 5.73 Å². The summed E-state index contributed by atoms with van der Waals surface area (Å²) in [4.78, 5) is 4.16. The highest BCUT2D eigenvalue weighted by Crippen LogP contribution is 2.33. The van der Waals surface area contributed by atoms with Crippen LogP contribution in [0.4, 0.5) is 0 Å². The smallest absolute Gasteiger partial charge is 0.0334 e. The fourth-order valence-corrected chi connectivity index (χ4v) is 4.07. The Bertz CT molecular complexity index is 576. The Morgan fingerprint density at radius 3 is 2.85 bits per heavy atom. The van der Waals surface area contributed by atoms with Gasteiger partial charge in [-0.1, -0.05) is 24.3 Å². The summed E-state index contributed by atoms with van der Waals surface area (Å²) in [5, 5.41) is 2.23. The molecule has 1 aliphatic rings. The summed E-state index contributed by atoms with van der Waals surface area (Å²) < 4.78 is 0. The second-order valence-corrected chi connectivity index (χ2v) is 6.50. The summed E-state index contributed by atoms with van der Waals surface area (Å²) in [6.45, 7) is 5.25. The summed E-state index contributed by atoms with van der Waals surface area (Å²) in [7, 11) is 0. The fourth-order valence-electron chi connectivity index (χ4n) is 3.11. The van der Waals surface area contributed by atoms with Crippen molar-refractivity contribution in [2.24, 2.45) is 5.73 Å². The van der Waals surface area contributed by atoms with Crippen molar-refractivity contribution < 1.29 is 0 Å². The van der Waals surface area contributed by atoms with Gasteiger partial charge in [0, 0.05) is 24.0 Å². The average molecular weight is 286 g/mol. The molecule has 106 valence electrons. The Labute approximate surface area is 125 Å². The first kappa shape index (κ1) is 13.8. The third-order valence-electron chi connectivity index (χ3n) is 4.31. The van der Waals surface area contributed by atoms with E-state index in [0.717, 1.165) is 26.1 Å². The van der Waals surface area contributed by atoms with Gasteiger partial charge in [-0.15, -0.1) is 11.3 Å². The molecule has 2 N–H and O–H groups in total. The summed E-state index contributed by atoms with van der Waals surface area (Å²) >= 11 is 1.91. The lowest BCUT2D eigenvalue weighted by molar-refractivity contribution is 0.191. The van der Waals surface area contributed by atoms with Gasteiger partial charge < -0.3 is 5.73 Å². The van der Waals surface area contributed by atoms with Crippen molar-refractivity contribution in [1.29, 1.82) is 0 Å². The lowest BCUT2D eigenvalue weighted by atomic mass is 9.98. The zero-order valence-electron chi connectivity index (χ0n) is 12.0. The van der Waals surface area contributed by atoms with Crippen molar-refractivity contribution in [3.8, 4) is 0 Å². The number of thiophene rings is 1. The maximum Gasteiger partial charge on any atom is 0.0334 e. The van der Waals surface area contributed by atoms with Crippen LogP contribution in [0.1, 0.15) is 34.5 Å². The van der Waals surface area contributed by atoms with Gasteiger partial charge in [0.25, 0.3) is 0 Å². The van der Waals surface area contributed by atoms with Crippen LogP contribution in [0.5, 0.6) is 0 Å². The van der Waals surface area contributed by atoms with E-state index in [0.29, 0.717) is 6.04 Å². The second-order valence-electron chi connectivity index (χ2n) is 5.50. The summed E-state index contributed by atoms with van der Waals surface area (Å²) in [6.07, 6.45) is 2.17. The molecule has 3 rings (SSSR count). The normalized spacial score (nSPS) is 19.0. The number of nitrogens with zero attached hydrogens (tertiary/aromatic N) is 1. The molecule has 20 heavy (non-hydrogen) atoms. The molecule has 0 saturated heterocycles. The highest BCUT2D eigenvalue weighted by Gasteiger charge is 2.24. The number of rotatable bonds is 4. The molecule has 3 heteroatoms. The van der Waals surface area contributed by atoms with Crippen molar-refractivity contribution in [3.63, 3.8) is 0 Å². The Hall–Kier alpha value is -1.16. The van der Waals surface area contributed by atoms with E-state index >= 15 is 0 Å². The first-order valence-electron chi connectivity index (χ1n) is 7.36. The van der Waals surface area contributed by atoms with Gasteiger partial charge in [0.15, 0.2) is 0 Å². The molecule has 0 bridgehead atoms. The van der Waals surface area contributed by atoms with Crippen LogP contribution in [-0.4, -0.2) is 18.0 Å². The number of hydrogen-bond donors (Lipinski definition) is 1. The van der Waals surface area contributed by atoms with E-state index in [1.807, 2.05) is 11.3 Å². The van der Waals surface area contributed by atoms with Gasteiger partial charge in [0.1, 0.15) is 0 Å². The van der Waals surface area contributed by atoms with Crippen LogP contribution in [0.25, 0.3) is 0 Å². The van der Waals surface area contributed by atoms with Crippen LogP contribution in [0, 0.1) is 0 Å².